The number of benzene rings is 2. The molecule has 34 heteroatoms. The number of fused-ring (bicyclic) bond motifs is 2. The molecule has 0 bridgehead atoms. The zero-order valence-electron chi connectivity index (χ0n) is 36.8. The topological polar surface area (TPSA) is 422 Å². The van der Waals surface area contributed by atoms with E-state index in [0.717, 1.165) is 25.9 Å². The SMILES string of the molecule is O=C([O-])C(F)(F)F.O=C([O-])C(F)(F)F.O=C([O-])C(F)(F)F.O=C([O-])C(F)(F)F.[NH3+]CCCC([NH3+])C(=O)NCCC(=O)Nc1ccc2c(c1)C(=O)c1ccc(NC(=O)CCNC(=O)C([NH3+])CCC[NH3+])cc1C2=O. The van der Waals surface area contributed by atoms with Crippen LogP contribution in [0.2, 0.25) is 0 Å². The number of halogens is 12. The van der Waals surface area contributed by atoms with Crippen LogP contribution in [0.3, 0.4) is 0 Å². The molecule has 0 aromatic heterocycles. The van der Waals surface area contributed by atoms with Crippen LogP contribution in [-0.2, 0) is 38.4 Å². The number of carboxylic acid groups (broad SMARTS) is 4. The van der Waals surface area contributed by atoms with Crippen molar-refractivity contribution in [3.63, 3.8) is 0 Å². The molecule has 0 radical (unpaired) electrons. The minimum absolute atomic E-state index is 0.0225. The lowest BCUT2D eigenvalue weighted by Crippen LogP contribution is -2.68. The number of amides is 4. The molecule has 2 atom stereocenters. The van der Waals surface area contributed by atoms with E-state index in [4.69, 9.17) is 39.6 Å². The van der Waals surface area contributed by atoms with Gasteiger partial charge in [0.1, 0.15) is 23.9 Å². The Labute approximate surface area is 395 Å². The number of rotatable bonds is 16. The fraction of sp³-hybridized carbons (Fsp3) is 0.421. The van der Waals surface area contributed by atoms with E-state index in [1.807, 2.05) is 0 Å². The van der Waals surface area contributed by atoms with Gasteiger partial charge in [-0.25, -0.2) is 0 Å². The third kappa shape index (κ3) is 26.5. The van der Waals surface area contributed by atoms with Crippen molar-refractivity contribution in [2.45, 2.75) is 75.3 Å². The third-order valence-corrected chi connectivity index (χ3v) is 8.16. The molecular weight excluding hydrogens is 1020 g/mol. The highest BCUT2D eigenvalue weighted by molar-refractivity contribution is 6.29. The molecule has 2 aromatic rings. The van der Waals surface area contributed by atoms with Crippen molar-refractivity contribution in [3.8, 4) is 0 Å². The van der Waals surface area contributed by atoms with E-state index in [1.54, 1.807) is 0 Å². The second-order valence-corrected chi connectivity index (χ2v) is 13.9. The molecule has 0 spiro atoms. The lowest BCUT2D eigenvalue weighted by molar-refractivity contribution is -0.411. The van der Waals surface area contributed by atoms with Crippen molar-refractivity contribution in [2.75, 3.05) is 36.8 Å². The Morgan fingerprint density at radius 3 is 0.944 bits per heavy atom. The summed E-state index contributed by atoms with van der Waals surface area (Å²) in [5.74, 6) is -14.0. The Morgan fingerprint density at radius 2 is 0.722 bits per heavy atom. The molecule has 1 aliphatic rings. The van der Waals surface area contributed by atoms with Gasteiger partial charge in [0.05, 0.1) is 13.1 Å². The number of quaternary nitrogens is 4. The summed E-state index contributed by atoms with van der Waals surface area (Å²) in [5, 5.41) is 45.9. The van der Waals surface area contributed by atoms with Crippen LogP contribution in [0.1, 0.15) is 70.4 Å². The standard InChI is InChI=1S/C30H40N8O6.4C2HF3O2/c31-11-1-3-23(33)29(43)35-13-9-25(39)37-17-5-7-19-21(15-17)27(41)20-8-6-18(16-22(20)28(19)42)38-26(40)10-14-36-30(44)24(34)4-2-12-32;4*3-2(4,5)1(6)7/h5-8,15-16,23-24H,1-4,9-14,31-34H2,(H,35,43)(H,36,44)(H,37,39)(H,38,40);4*(H,6,7). The molecule has 2 unspecified atom stereocenters. The molecule has 0 saturated heterocycles. The van der Waals surface area contributed by atoms with E-state index in [1.165, 1.54) is 36.4 Å². The van der Waals surface area contributed by atoms with Gasteiger partial charge in [0.15, 0.2) is 23.7 Å². The van der Waals surface area contributed by atoms with Crippen molar-refractivity contribution >= 4 is 70.4 Å². The predicted octanol–water partition coefficient (Wildman–Crippen LogP) is -6.19. The second-order valence-electron chi connectivity index (χ2n) is 13.9. The van der Waals surface area contributed by atoms with Gasteiger partial charge in [-0.3, -0.25) is 28.8 Å². The van der Waals surface area contributed by atoms with Crippen LogP contribution < -0.4 is 64.6 Å². The van der Waals surface area contributed by atoms with E-state index < -0.39 is 60.7 Å². The number of hydrogen-bond donors (Lipinski definition) is 8. The normalized spacial score (nSPS) is 12.5. The van der Waals surface area contributed by atoms with Gasteiger partial charge < -0.3 is 83.8 Å². The minimum atomic E-state index is -5.19. The predicted molar refractivity (Wildman–Crippen MR) is 204 cm³/mol. The molecule has 72 heavy (non-hydrogen) atoms. The molecule has 404 valence electrons. The molecule has 0 fully saturated rings. The molecule has 0 aliphatic heterocycles. The Balaban J connectivity index is 0. The van der Waals surface area contributed by atoms with Crippen LogP contribution in [0, 0.1) is 0 Å². The molecular formula is C38H44F12N8O14. The number of nitrogens with one attached hydrogen (secondary N) is 4. The fourth-order valence-corrected chi connectivity index (χ4v) is 4.68. The molecule has 16 N–H and O–H groups in total. The summed E-state index contributed by atoms with van der Waals surface area (Å²) in [4.78, 5) is 111. The summed E-state index contributed by atoms with van der Waals surface area (Å²) < 4.78 is 126. The van der Waals surface area contributed by atoms with Crippen LogP contribution in [0.4, 0.5) is 64.1 Å². The summed E-state index contributed by atoms with van der Waals surface area (Å²) in [6, 6.07) is 8.13. The van der Waals surface area contributed by atoms with Gasteiger partial charge in [-0.2, -0.15) is 52.7 Å². The van der Waals surface area contributed by atoms with Crippen molar-refractivity contribution in [1.29, 1.82) is 0 Å². The van der Waals surface area contributed by atoms with Gasteiger partial charge in [-0.1, -0.05) is 0 Å². The summed E-state index contributed by atoms with van der Waals surface area (Å²) in [7, 11) is 0. The van der Waals surface area contributed by atoms with Gasteiger partial charge in [-0.05, 0) is 36.4 Å². The Hall–Kier alpha value is -7.46. The monoisotopic (exact) mass is 1060 g/mol. The minimum Gasteiger partial charge on any atom is -0.542 e. The van der Waals surface area contributed by atoms with Crippen LogP contribution >= 0.6 is 0 Å². The number of carbonyl (C=O) groups is 10. The summed E-state index contributed by atoms with van der Waals surface area (Å²) >= 11 is 0. The van der Waals surface area contributed by atoms with Crippen molar-refractivity contribution in [2.24, 2.45) is 0 Å². The van der Waals surface area contributed by atoms with Crippen molar-refractivity contribution in [3.05, 3.63) is 58.7 Å². The molecule has 0 saturated carbocycles. The van der Waals surface area contributed by atoms with E-state index in [0.29, 0.717) is 24.2 Å². The lowest BCUT2D eigenvalue weighted by atomic mass is 9.83. The van der Waals surface area contributed by atoms with Gasteiger partial charge in [0.2, 0.25) is 11.8 Å². The molecule has 1 aliphatic carbocycles. The van der Waals surface area contributed by atoms with Gasteiger partial charge in [-0.15, -0.1) is 0 Å². The van der Waals surface area contributed by atoms with Gasteiger partial charge in [0, 0.05) is 85.2 Å². The third-order valence-electron chi connectivity index (χ3n) is 8.16. The molecule has 0 heterocycles. The van der Waals surface area contributed by atoms with Crippen LogP contribution in [0.15, 0.2) is 36.4 Å². The molecule has 4 amide bonds. The summed E-state index contributed by atoms with van der Waals surface area (Å²) in [6.07, 6.45) is -17.9. The number of aliphatic carboxylic acids is 4. The first-order valence-corrected chi connectivity index (χ1v) is 19.7. The maximum absolute atomic E-state index is 13.3. The number of alkyl halides is 12. The fourth-order valence-electron chi connectivity index (χ4n) is 4.68. The average molecular weight is 1060 g/mol. The summed E-state index contributed by atoms with van der Waals surface area (Å²) in [5.41, 5.74) is 16.5. The highest BCUT2D eigenvalue weighted by Crippen LogP contribution is 2.31. The largest absolute Gasteiger partial charge is 0.542 e. The molecule has 2 aromatic carbocycles. The molecule has 22 nitrogen and oxygen atoms in total. The maximum atomic E-state index is 13.3. The first-order valence-electron chi connectivity index (χ1n) is 19.7. The zero-order chi connectivity index (χ0) is 56.5. The first-order chi connectivity index (χ1) is 32.8. The van der Waals surface area contributed by atoms with Crippen molar-refractivity contribution < 1.29 is 144 Å². The van der Waals surface area contributed by atoms with Crippen molar-refractivity contribution in [1.82, 2.24) is 10.6 Å². The highest BCUT2D eigenvalue weighted by atomic mass is 19.4. The van der Waals surface area contributed by atoms with Crippen LogP contribution in [0.25, 0.3) is 0 Å². The highest BCUT2D eigenvalue weighted by Gasteiger charge is 2.32. The average Bonchev–Trinajstić information content (AvgIpc) is 3.25. The number of carbonyl (C=O) groups excluding carboxylic acids is 10. The second kappa shape index (κ2) is 30.3. The van der Waals surface area contributed by atoms with Gasteiger partial charge >= 0.3 is 24.7 Å². The first kappa shape index (κ1) is 66.6. The van der Waals surface area contributed by atoms with E-state index >= 15 is 0 Å². The number of carboxylic acids is 4. The number of ketones is 2. The Kier molecular flexibility index (Phi) is 28.1. The zero-order valence-corrected chi connectivity index (χ0v) is 36.8. The van der Waals surface area contributed by atoms with Crippen LogP contribution in [0.5, 0.6) is 0 Å². The van der Waals surface area contributed by atoms with Crippen LogP contribution in [-0.4, -0.2) is 122 Å². The van der Waals surface area contributed by atoms with Gasteiger partial charge in [0.25, 0.3) is 11.8 Å². The Morgan fingerprint density at radius 1 is 0.472 bits per heavy atom. The Bertz CT molecular complexity index is 2040. The number of hydrogen-bond acceptors (Lipinski definition) is 14. The van der Waals surface area contributed by atoms with E-state index in [2.05, 4.69) is 44.2 Å². The summed E-state index contributed by atoms with van der Waals surface area (Å²) in [6.45, 7) is 1.72. The quantitative estimate of drug-likeness (QED) is 0.0620. The van der Waals surface area contributed by atoms with E-state index in [-0.39, 0.29) is 83.4 Å². The maximum Gasteiger partial charge on any atom is 0.430 e. The lowest BCUT2D eigenvalue weighted by Gasteiger charge is -2.19. The molecule has 3 rings (SSSR count). The van der Waals surface area contributed by atoms with E-state index in [9.17, 15) is 81.5 Å². The smallest absolute Gasteiger partial charge is 0.430 e. The number of anilines is 2.